The van der Waals surface area contributed by atoms with Gasteiger partial charge in [0.05, 0.1) is 5.60 Å². The first kappa shape index (κ1) is 13.9. The van der Waals surface area contributed by atoms with E-state index in [1.54, 1.807) is 0 Å². The van der Waals surface area contributed by atoms with Crippen LogP contribution in [0.4, 0.5) is 0 Å². The quantitative estimate of drug-likeness (QED) is 0.714. The van der Waals surface area contributed by atoms with Gasteiger partial charge >= 0.3 is 0 Å². The fraction of sp³-hybridized carbons (Fsp3) is 1.00. The first-order valence-corrected chi connectivity index (χ1v) is 5.74. The molecule has 0 aromatic heterocycles. The van der Waals surface area contributed by atoms with Crippen LogP contribution in [0.1, 0.15) is 54.4 Å². The zero-order valence-electron chi connectivity index (χ0n) is 10.7. The maximum absolute atomic E-state index is 10.1. The van der Waals surface area contributed by atoms with Gasteiger partial charge in [0.25, 0.3) is 0 Å². The maximum Gasteiger partial charge on any atom is 0.0769 e. The Bertz CT molecular complexity index is 152. The van der Waals surface area contributed by atoms with Crippen LogP contribution < -0.4 is 0 Å². The van der Waals surface area contributed by atoms with Gasteiger partial charge in [0.2, 0.25) is 0 Å². The Morgan fingerprint density at radius 2 is 1.29 bits per heavy atom. The summed E-state index contributed by atoms with van der Waals surface area (Å²) in [4.78, 5) is 2.38. The molecule has 0 amide bonds. The van der Waals surface area contributed by atoms with Gasteiger partial charge in [0.15, 0.2) is 0 Å². The molecule has 14 heavy (non-hydrogen) atoms. The van der Waals surface area contributed by atoms with Gasteiger partial charge < -0.3 is 5.11 Å². The lowest BCUT2D eigenvalue weighted by Gasteiger charge is -2.46. The lowest BCUT2D eigenvalue weighted by Crippen LogP contribution is -2.58. The molecule has 0 aliphatic heterocycles. The van der Waals surface area contributed by atoms with E-state index in [2.05, 4.69) is 32.6 Å². The first-order chi connectivity index (χ1) is 6.27. The normalized spacial score (nSPS) is 13.7. The summed E-state index contributed by atoms with van der Waals surface area (Å²) in [7, 11) is 0. The number of hydrogen-bond donors (Lipinski definition) is 1. The molecule has 0 heterocycles. The molecule has 1 N–H and O–H groups in total. The van der Waals surface area contributed by atoms with E-state index in [9.17, 15) is 5.11 Å². The molecule has 0 aromatic carbocycles. The Morgan fingerprint density at radius 1 is 0.929 bits per heavy atom. The molecule has 0 atom stereocenters. The minimum absolute atomic E-state index is 0.154. The largest absolute Gasteiger partial charge is 0.389 e. The van der Waals surface area contributed by atoms with Crippen LogP contribution in [-0.4, -0.2) is 34.2 Å². The molecule has 2 nitrogen and oxygen atoms in total. The predicted octanol–water partition coefficient (Wildman–Crippen LogP) is 2.66. The molecule has 0 rings (SSSR count). The molecule has 0 aromatic rings. The van der Waals surface area contributed by atoms with Gasteiger partial charge in [0.1, 0.15) is 0 Å². The smallest absolute Gasteiger partial charge is 0.0769 e. The summed E-state index contributed by atoms with van der Waals surface area (Å²) in [5, 5.41) is 10.1. The van der Waals surface area contributed by atoms with Gasteiger partial charge in [-0.05, 0) is 53.6 Å². The molecule has 0 unspecified atom stereocenters. The summed E-state index contributed by atoms with van der Waals surface area (Å²) in [6, 6.07) is 0. The van der Waals surface area contributed by atoms with Gasteiger partial charge in [-0.2, -0.15) is 0 Å². The molecule has 2 heteroatoms. The standard InChI is InChI=1S/C12H27NO/c1-7-9-13(10-8-2)11(3,4)12(5,6)14/h14H,7-10H2,1-6H3. The van der Waals surface area contributed by atoms with Gasteiger partial charge in [-0.3, -0.25) is 4.90 Å². The minimum Gasteiger partial charge on any atom is -0.389 e. The monoisotopic (exact) mass is 201 g/mol. The van der Waals surface area contributed by atoms with E-state index in [0.29, 0.717) is 0 Å². The third kappa shape index (κ3) is 3.25. The van der Waals surface area contributed by atoms with E-state index in [-0.39, 0.29) is 5.54 Å². The van der Waals surface area contributed by atoms with Crippen LogP contribution in [0, 0.1) is 0 Å². The Hall–Kier alpha value is -0.0800. The van der Waals surface area contributed by atoms with Crippen molar-refractivity contribution in [2.45, 2.75) is 65.5 Å². The minimum atomic E-state index is -0.655. The SMILES string of the molecule is CCCN(CCC)C(C)(C)C(C)(C)O. The van der Waals surface area contributed by atoms with Gasteiger partial charge in [-0.15, -0.1) is 0 Å². The second kappa shape index (κ2) is 5.13. The molecular weight excluding hydrogens is 174 g/mol. The molecule has 0 fully saturated rings. The van der Waals surface area contributed by atoms with Crippen LogP contribution in [-0.2, 0) is 0 Å². The summed E-state index contributed by atoms with van der Waals surface area (Å²) < 4.78 is 0. The molecular formula is C12H27NO. The van der Waals surface area contributed by atoms with Gasteiger partial charge in [0, 0.05) is 5.54 Å². The topological polar surface area (TPSA) is 23.5 Å². The molecule has 0 saturated heterocycles. The Kier molecular flexibility index (Phi) is 5.10. The van der Waals surface area contributed by atoms with Gasteiger partial charge in [-0.1, -0.05) is 13.8 Å². The highest BCUT2D eigenvalue weighted by molar-refractivity contribution is 4.95. The van der Waals surface area contributed by atoms with Crippen LogP contribution in [0.15, 0.2) is 0 Å². The highest BCUT2D eigenvalue weighted by Gasteiger charge is 2.39. The summed E-state index contributed by atoms with van der Waals surface area (Å²) in [5.41, 5.74) is -0.809. The van der Waals surface area contributed by atoms with Crippen molar-refractivity contribution in [3.8, 4) is 0 Å². The fourth-order valence-electron chi connectivity index (χ4n) is 1.60. The van der Waals surface area contributed by atoms with Crippen molar-refractivity contribution >= 4 is 0 Å². The molecule has 0 spiro atoms. The molecule has 0 saturated carbocycles. The molecule has 0 aliphatic carbocycles. The van der Waals surface area contributed by atoms with Crippen molar-refractivity contribution in [3.63, 3.8) is 0 Å². The lowest BCUT2D eigenvalue weighted by molar-refractivity contribution is -0.0726. The number of hydrogen-bond acceptors (Lipinski definition) is 2. The zero-order valence-corrected chi connectivity index (χ0v) is 10.7. The zero-order chi connectivity index (χ0) is 11.4. The molecule has 86 valence electrons. The van der Waals surface area contributed by atoms with Crippen molar-refractivity contribution < 1.29 is 5.11 Å². The van der Waals surface area contributed by atoms with E-state index in [4.69, 9.17) is 0 Å². The highest BCUT2D eigenvalue weighted by atomic mass is 16.3. The summed E-state index contributed by atoms with van der Waals surface area (Å²) in [6.45, 7) is 14.5. The van der Waals surface area contributed by atoms with Crippen molar-refractivity contribution in [1.82, 2.24) is 4.90 Å². The maximum atomic E-state index is 10.1. The second-order valence-corrected chi connectivity index (χ2v) is 5.11. The van der Waals surface area contributed by atoms with E-state index in [1.165, 1.54) is 0 Å². The van der Waals surface area contributed by atoms with E-state index in [1.807, 2.05) is 13.8 Å². The summed E-state index contributed by atoms with van der Waals surface area (Å²) in [5.74, 6) is 0. The third-order valence-electron chi connectivity index (χ3n) is 3.27. The van der Waals surface area contributed by atoms with Crippen LogP contribution in [0.3, 0.4) is 0 Å². The van der Waals surface area contributed by atoms with E-state index in [0.717, 1.165) is 25.9 Å². The van der Waals surface area contributed by atoms with Crippen molar-refractivity contribution in [2.75, 3.05) is 13.1 Å². The lowest BCUT2D eigenvalue weighted by atomic mass is 9.84. The van der Waals surface area contributed by atoms with Crippen molar-refractivity contribution in [1.29, 1.82) is 0 Å². The number of aliphatic hydroxyl groups is 1. The van der Waals surface area contributed by atoms with Crippen molar-refractivity contribution in [2.24, 2.45) is 0 Å². The Labute approximate surface area is 89.3 Å². The van der Waals surface area contributed by atoms with Crippen LogP contribution in [0.5, 0.6) is 0 Å². The van der Waals surface area contributed by atoms with Crippen LogP contribution in [0.2, 0.25) is 0 Å². The van der Waals surface area contributed by atoms with Crippen molar-refractivity contribution in [3.05, 3.63) is 0 Å². The first-order valence-electron chi connectivity index (χ1n) is 5.74. The summed E-state index contributed by atoms with van der Waals surface area (Å²) in [6.07, 6.45) is 2.28. The molecule has 0 radical (unpaired) electrons. The highest BCUT2D eigenvalue weighted by Crippen LogP contribution is 2.28. The average Bonchev–Trinajstić information content (AvgIpc) is 2.02. The van der Waals surface area contributed by atoms with Crippen LogP contribution >= 0.6 is 0 Å². The Balaban J connectivity index is 4.61. The molecule has 0 bridgehead atoms. The Morgan fingerprint density at radius 3 is 1.50 bits per heavy atom. The number of nitrogens with zero attached hydrogens (tertiary/aromatic N) is 1. The predicted molar refractivity (Wildman–Crippen MR) is 62.5 cm³/mol. The average molecular weight is 201 g/mol. The third-order valence-corrected chi connectivity index (χ3v) is 3.27. The van der Waals surface area contributed by atoms with E-state index >= 15 is 0 Å². The van der Waals surface area contributed by atoms with E-state index < -0.39 is 5.60 Å². The number of rotatable bonds is 6. The summed E-state index contributed by atoms with van der Waals surface area (Å²) >= 11 is 0. The fourth-order valence-corrected chi connectivity index (χ4v) is 1.60. The van der Waals surface area contributed by atoms with Gasteiger partial charge in [-0.25, -0.2) is 0 Å². The second-order valence-electron chi connectivity index (χ2n) is 5.11. The molecule has 0 aliphatic rings. The van der Waals surface area contributed by atoms with Crippen LogP contribution in [0.25, 0.3) is 0 Å².